The Balaban J connectivity index is 1.88. The molecule has 3 atom stereocenters. The van der Waals surface area contributed by atoms with Crippen molar-refractivity contribution in [1.29, 1.82) is 0 Å². The topological polar surface area (TPSA) is 38.3 Å². The van der Waals surface area contributed by atoms with Crippen LogP contribution in [0.2, 0.25) is 0 Å². The molecule has 3 heteroatoms. The van der Waals surface area contributed by atoms with Crippen LogP contribution in [0.15, 0.2) is 12.2 Å². The van der Waals surface area contributed by atoms with E-state index in [2.05, 4.69) is 17.5 Å². The maximum atomic E-state index is 11.2. The summed E-state index contributed by atoms with van der Waals surface area (Å²) in [5.74, 6) is 1.20. The van der Waals surface area contributed by atoms with Crippen molar-refractivity contribution in [3.05, 3.63) is 12.2 Å². The summed E-state index contributed by atoms with van der Waals surface area (Å²) in [4.78, 5) is 11.2. The number of ether oxygens (including phenoxy) is 1. The van der Waals surface area contributed by atoms with Gasteiger partial charge >= 0.3 is 6.09 Å². The molecule has 14 heavy (non-hydrogen) atoms. The molecule has 3 aliphatic rings. The zero-order valence-corrected chi connectivity index (χ0v) is 8.53. The lowest BCUT2D eigenvalue weighted by Crippen LogP contribution is -2.45. The number of hydrogen-bond donors (Lipinski definition) is 1. The van der Waals surface area contributed by atoms with Gasteiger partial charge in [0.1, 0.15) is 0 Å². The summed E-state index contributed by atoms with van der Waals surface area (Å²) in [5.41, 5.74) is 0. The van der Waals surface area contributed by atoms with Crippen LogP contribution in [0.25, 0.3) is 0 Å². The molecule has 0 aromatic rings. The molecule has 0 heterocycles. The maximum absolute atomic E-state index is 11.2. The number of rotatable bonds is 2. The van der Waals surface area contributed by atoms with Gasteiger partial charge in [0.15, 0.2) is 0 Å². The van der Waals surface area contributed by atoms with E-state index < -0.39 is 0 Å². The number of nitrogens with one attached hydrogen (secondary N) is 1. The average molecular weight is 195 g/mol. The molecular weight excluding hydrogens is 178 g/mol. The van der Waals surface area contributed by atoms with E-state index in [4.69, 9.17) is 4.74 Å². The molecule has 0 aliphatic heterocycles. The first kappa shape index (κ1) is 9.56. The third-order valence-electron chi connectivity index (χ3n) is 3.15. The molecule has 1 N–H and O–H groups in total. The van der Waals surface area contributed by atoms with Gasteiger partial charge in [0, 0.05) is 6.04 Å². The second-order valence-electron chi connectivity index (χ2n) is 4.09. The van der Waals surface area contributed by atoms with Gasteiger partial charge in [-0.1, -0.05) is 12.2 Å². The van der Waals surface area contributed by atoms with Crippen molar-refractivity contribution in [1.82, 2.24) is 5.32 Å². The van der Waals surface area contributed by atoms with Crippen LogP contribution in [0, 0.1) is 11.8 Å². The van der Waals surface area contributed by atoms with Crippen LogP contribution >= 0.6 is 0 Å². The fourth-order valence-electron chi connectivity index (χ4n) is 2.42. The lowest BCUT2D eigenvalue weighted by Gasteiger charge is -2.37. The van der Waals surface area contributed by atoms with Gasteiger partial charge in [-0.2, -0.15) is 0 Å². The van der Waals surface area contributed by atoms with E-state index >= 15 is 0 Å². The van der Waals surface area contributed by atoms with Crippen molar-refractivity contribution in [2.75, 3.05) is 6.61 Å². The average Bonchev–Trinajstić information content (AvgIpc) is 2.19. The number of alkyl carbamates (subject to hydrolysis) is 1. The van der Waals surface area contributed by atoms with Crippen LogP contribution in [0.3, 0.4) is 0 Å². The van der Waals surface area contributed by atoms with Gasteiger partial charge in [0.2, 0.25) is 0 Å². The van der Waals surface area contributed by atoms with Gasteiger partial charge in [-0.3, -0.25) is 0 Å². The van der Waals surface area contributed by atoms with E-state index in [9.17, 15) is 4.79 Å². The highest BCUT2D eigenvalue weighted by atomic mass is 16.5. The van der Waals surface area contributed by atoms with Crippen molar-refractivity contribution >= 4 is 6.09 Å². The van der Waals surface area contributed by atoms with E-state index in [1.54, 1.807) is 0 Å². The number of amides is 1. The summed E-state index contributed by atoms with van der Waals surface area (Å²) in [6, 6.07) is 0.304. The molecule has 78 valence electrons. The Bertz CT molecular complexity index is 250. The molecule has 3 aliphatic carbocycles. The van der Waals surface area contributed by atoms with Crippen LogP contribution in [0.5, 0.6) is 0 Å². The van der Waals surface area contributed by atoms with Crippen molar-refractivity contribution in [3.63, 3.8) is 0 Å². The Labute approximate surface area is 84.5 Å². The molecule has 1 amide bonds. The molecule has 0 unspecified atom stereocenters. The van der Waals surface area contributed by atoms with Crippen molar-refractivity contribution in [2.45, 2.75) is 32.2 Å². The molecule has 1 fully saturated rings. The first-order valence-corrected chi connectivity index (χ1v) is 5.41. The summed E-state index contributed by atoms with van der Waals surface area (Å²) < 4.78 is 4.88. The lowest BCUT2D eigenvalue weighted by atomic mass is 9.73. The third-order valence-corrected chi connectivity index (χ3v) is 3.15. The number of hydrogen-bond acceptors (Lipinski definition) is 2. The number of carbonyl (C=O) groups is 1. The summed E-state index contributed by atoms with van der Waals surface area (Å²) in [5, 5.41) is 2.94. The van der Waals surface area contributed by atoms with E-state index in [0.29, 0.717) is 24.5 Å². The molecule has 1 saturated carbocycles. The molecule has 0 aromatic carbocycles. The van der Waals surface area contributed by atoms with E-state index in [1.165, 1.54) is 12.8 Å². The smallest absolute Gasteiger partial charge is 0.407 e. The second-order valence-corrected chi connectivity index (χ2v) is 4.09. The van der Waals surface area contributed by atoms with Crippen molar-refractivity contribution in [3.8, 4) is 0 Å². The van der Waals surface area contributed by atoms with Crippen LogP contribution < -0.4 is 5.32 Å². The number of allylic oxidation sites excluding steroid dienone is 1. The minimum atomic E-state index is -0.265. The first-order valence-electron chi connectivity index (χ1n) is 5.41. The number of carbonyl (C=O) groups excluding carboxylic acids is 1. The van der Waals surface area contributed by atoms with Crippen LogP contribution in [-0.4, -0.2) is 18.7 Å². The van der Waals surface area contributed by atoms with Crippen LogP contribution in [-0.2, 0) is 4.74 Å². The highest BCUT2D eigenvalue weighted by molar-refractivity contribution is 5.67. The summed E-state index contributed by atoms with van der Waals surface area (Å²) >= 11 is 0. The second kappa shape index (κ2) is 4.03. The Hall–Kier alpha value is -0.990. The first-order chi connectivity index (χ1) is 6.79. The van der Waals surface area contributed by atoms with E-state index in [1.807, 2.05) is 6.92 Å². The highest BCUT2D eigenvalue weighted by Crippen LogP contribution is 2.36. The van der Waals surface area contributed by atoms with Crippen LogP contribution in [0.1, 0.15) is 26.2 Å². The summed E-state index contributed by atoms with van der Waals surface area (Å²) in [7, 11) is 0. The molecule has 3 rings (SSSR count). The Morgan fingerprint density at radius 2 is 2.36 bits per heavy atom. The van der Waals surface area contributed by atoms with E-state index in [-0.39, 0.29) is 6.09 Å². The molecule has 3 nitrogen and oxygen atoms in total. The van der Waals surface area contributed by atoms with Gasteiger partial charge in [-0.25, -0.2) is 4.79 Å². The lowest BCUT2D eigenvalue weighted by molar-refractivity contribution is 0.137. The van der Waals surface area contributed by atoms with Crippen molar-refractivity contribution in [2.24, 2.45) is 11.8 Å². The Kier molecular flexibility index (Phi) is 2.75. The Morgan fingerprint density at radius 1 is 1.50 bits per heavy atom. The van der Waals surface area contributed by atoms with Gasteiger partial charge in [-0.15, -0.1) is 0 Å². The maximum Gasteiger partial charge on any atom is 0.407 e. The molecular formula is C11H17NO2. The molecule has 0 saturated heterocycles. The minimum absolute atomic E-state index is 0.265. The zero-order chi connectivity index (χ0) is 9.97. The SMILES string of the molecule is CCOC(=O)N[C@H]1C[C@@H]2C=C[C@H]1CC2. The van der Waals surface area contributed by atoms with Gasteiger partial charge in [0.25, 0.3) is 0 Å². The van der Waals surface area contributed by atoms with Crippen molar-refractivity contribution < 1.29 is 9.53 Å². The van der Waals surface area contributed by atoms with Gasteiger partial charge in [-0.05, 0) is 38.0 Å². The standard InChI is InChI=1S/C11H17NO2/c1-2-14-11(13)12-10-7-8-3-5-9(10)6-4-8/h3,5,8-10H,2,4,6-7H2,1H3,(H,12,13)/t8-,9+,10+/m1/s1. The summed E-state index contributed by atoms with van der Waals surface area (Å²) in [6.45, 7) is 2.27. The third kappa shape index (κ3) is 1.91. The van der Waals surface area contributed by atoms with Gasteiger partial charge in [0.05, 0.1) is 6.61 Å². The molecule has 0 radical (unpaired) electrons. The van der Waals surface area contributed by atoms with E-state index in [0.717, 1.165) is 6.42 Å². The minimum Gasteiger partial charge on any atom is -0.450 e. The largest absolute Gasteiger partial charge is 0.450 e. The Morgan fingerprint density at radius 3 is 2.86 bits per heavy atom. The zero-order valence-electron chi connectivity index (χ0n) is 8.53. The normalized spacial score (nSPS) is 34.2. The predicted octanol–water partition coefficient (Wildman–Crippen LogP) is 2.09. The fraction of sp³-hybridized carbons (Fsp3) is 0.727. The number of fused-ring (bicyclic) bond motifs is 2. The fourth-order valence-corrected chi connectivity index (χ4v) is 2.42. The summed E-state index contributed by atoms with van der Waals surface area (Å²) in [6.07, 6.45) is 7.84. The quantitative estimate of drug-likeness (QED) is 0.685. The molecule has 0 aromatic heterocycles. The molecule has 0 spiro atoms. The highest BCUT2D eigenvalue weighted by Gasteiger charge is 2.32. The molecule has 2 bridgehead atoms. The monoisotopic (exact) mass is 195 g/mol. The van der Waals surface area contributed by atoms with Crippen LogP contribution in [0.4, 0.5) is 4.79 Å². The predicted molar refractivity (Wildman–Crippen MR) is 53.9 cm³/mol. The van der Waals surface area contributed by atoms with Gasteiger partial charge < -0.3 is 10.1 Å².